The van der Waals surface area contributed by atoms with E-state index >= 15 is 0 Å². The Hall–Kier alpha value is -3.06. The molecule has 6 heteroatoms. The molecule has 4 unspecified atom stereocenters. The summed E-state index contributed by atoms with van der Waals surface area (Å²) in [4.78, 5) is 0. The minimum Gasteiger partial charge on any atom is -0.198 e. The smallest absolute Gasteiger partial charge is 0.0656 e. The molecule has 0 aromatic heterocycles. The average molecular weight is 306 g/mol. The van der Waals surface area contributed by atoms with Crippen molar-refractivity contribution in [1.82, 2.24) is 0 Å². The monoisotopic (exact) mass is 306 g/mol. The van der Waals surface area contributed by atoms with Gasteiger partial charge in [0.15, 0.2) is 0 Å². The van der Waals surface area contributed by atoms with Gasteiger partial charge in [-0.15, -0.1) is 0 Å². The van der Waals surface area contributed by atoms with Crippen LogP contribution in [0.4, 0.5) is 0 Å². The molecule has 0 N–H and O–H groups in total. The van der Waals surface area contributed by atoms with Gasteiger partial charge in [0.25, 0.3) is 0 Å². The summed E-state index contributed by atoms with van der Waals surface area (Å²) in [5.74, 6) is -1.63. The van der Waals surface area contributed by atoms with Crippen molar-refractivity contribution in [3.05, 3.63) is 0 Å². The molecule has 0 aliphatic rings. The molecule has 0 fully saturated rings. The van der Waals surface area contributed by atoms with Crippen LogP contribution in [-0.2, 0) is 0 Å². The molecule has 116 valence electrons. The maximum absolute atomic E-state index is 9.23. The van der Waals surface area contributed by atoms with E-state index in [1.807, 2.05) is 12.1 Å². The van der Waals surface area contributed by atoms with E-state index in [9.17, 15) is 10.5 Å². The Kier molecular flexibility index (Phi) is 11.0. The lowest BCUT2D eigenvalue weighted by atomic mass is 9.83. The third-order valence-corrected chi connectivity index (χ3v) is 3.65. The highest BCUT2D eigenvalue weighted by atomic mass is 14.4. The van der Waals surface area contributed by atoms with Gasteiger partial charge in [0.2, 0.25) is 0 Å². The van der Waals surface area contributed by atoms with Crippen LogP contribution >= 0.6 is 0 Å². The minimum absolute atomic E-state index is 0.267. The molecule has 0 aliphatic heterocycles. The average Bonchev–Trinajstić information content (AvgIpc) is 2.59. The van der Waals surface area contributed by atoms with E-state index in [1.54, 1.807) is 0 Å². The molecule has 0 heterocycles. The SMILES string of the molecule is N#CCCC(C#N)CC(C#N)CC(C#N)CC(C#N)CCC#N. The zero-order valence-corrected chi connectivity index (χ0v) is 12.9. The standard InChI is InChI=1S/C17H18N6/c18-5-1-3-14(10-20)7-16(12-22)9-17(13-23)8-15(11-21)4-2-6-19/h14-17H,1-4,7-9H2. The summed E-state index contributed by atoms with van der Waals surface area (Å²) in [6.07, 6.45) is 2.36. The lowest BCUT2D eigenvalue weighted by Gasteiger charge is -2.17. The van der Waals surface area contributed by atoms with Gasteiger partial charge in [-0.1, -0.05) is 0 Å². The highest BCUT2D eigenvalue weighted by Crippen LogP contribution is 2.26. The van der Waals surface area contributed by atoms with E-state index in [1.165, 1.54) is 0 Å². The number of hydrogen-bond donors (Lipinski definition) is 0. The van der Waals surface area contributed by atoms with E-state index in [0.717, 1.165) is 0 Å². The summed E-state index contributed by atoms with van der Waals surface area (Å²) in [5.41, 5.74) is 0. The Bertz CT molecular complexity index is 544. The zero-order chi connectivity index (χ0) is 17.5. The first kappa shape index (κ1) is 19.9. The van der Waals surface area contributed by atoms with Crippen molar-refractivity contribution in [2.75, 3.05) is 0 Å². The molecule has 23 heavy (non-hydrogen) atoms. The Morgan fingerprint density at radius 3 is 1.04 bits per heavy atom. The van der Waals surface area contributed by atoms with E-state index in [-0.39, 0.29) is 24.7 Å². The van der Waals surface area contributed by atoms with Crippen LogP contribution in [0.25, 0.3) is 0 Å². The van der Waals surface area contributed by atoms with Crippen molar-refractivity contribution in [3.8, 4) is 36.4 Å². The fourth-order valence-corrected chi connectivity index (χ4v) is 2.38. The largest absolute Gasteiger partial charge is 0.198 e. The normalized spacial score (nSPS) is 14.3. The third-order valence-electron chi connectivity index (χ3n) is 3.65. The van der Waals surface area contributed by atoms with Gasteiger partial charge in [0, 0.05) is 36.5 Å². The van der Waals surface area contributed by atoms with E-state index in [0.29, 0.717) is 32.1 Å². The van der Waals surface area contributed by atoms with Crippen LogP contribution in [-0.4, -0.2) is 0 Å². The molecule has 0 saturated heterocycles. The Morgan fingerprint density at radius 1 is 0.478 bits per heavy atom. The van der Waals surface area contributed by atoms with Crippen molar-refractivity contribution < 1.29 is 0 Å². The topological polar surface area (TPSA) is 143 Å². The van der Waals surface area contributed by atoms with Crippen LogP contribution in [0.1, 0.15) is 44.9 Å². The van der Waals surface area contributed by atoms with Crippen LogP contribution in [0.15, 0.2) is 0 Å². The predicted molar refractivity (Wildman–Crippen MR) is 80.0 cm³/mol. The zero-order valence-electron chi connectivity index (χ0n) is 12.9. The van der Waals surface area contributed by atoms with Crippen molar-refractivity contribution >= 4 is 0 Å². The summed E-state index contributed by atoms with van der Waals surface area (Å²) < 4.78 is 0. The maximum atomic E-state index is 9.23. The van der Waals surface area contributed by atoms with Crippen LogP contribution in [0, 0.1) is 91.7 Å². The van der Waals surface area contributed by atoms with Gasteiger partial charge in [-0.3, -0.25) is 0 Å². The van der Waals surface area contributed by atoms with Gasteiger partial charge in [-0.05, 0) is 32.1 Å². The summed E-state index contributed by atoms with van der Waals surface area (Å²) in [6.45, 7) is 0. The van der Waals surface area contributed by atoms with Gasteiger partial charge in [-0.25, -0.2) is 0 Å². The van der Waals surface area contributed by atoms with Gasteiger partial charge in [0.1, 0.15) is 0 Å². The lowest BCUT2D eigenvalue weighted by molar-refractivity contribution is 0.377. The van der Waals surface area contributed by atoms with Crippen molar-refractivity contribution in [1.29, 1.82) is 31.6 Å². The first-order valence-electron chi connectivity index (χ1n) is 7.47. The molecule has 0 amide bonds. The summed E-state index contributed by atoms with van der Waals surface area (Å²) in [5, 5.41) is 53.7. The summed E-state index contributed by atoms with van der Waals surface area (Å²) >= 11 is 0. The van der Waals surface area contributed by atoms with Crippen molar-refractivity contribution in [2.24, 2.45) is 23.7 Å². The predicted octanol–water partition coefficient (Wildman–Crippen LogP) is 3.32. The third kappa shape index (κ3) is 8.74. The van der Waals surface area contributed by atoms with E-state index in [4.69, 9.17) is 21.0 Å². The quantitative estimate of drug-likeness (QED) is 0.605. The maximum Gasteiger partial charge on any atom is 0.0656 e. The lowest BCUT2D eigenvalue weighted by Crippen LogP contribution is -2.13. The molecule has 0 saturated carbocycles. The van der Waals surface area contributed by atoms with Crippen LogP contribution in [0.5, 0.6) is 0 Å². The molecule has 0 rings (SSSR count). The Labute approximate surface area is 137 Å². The van der Waals surface area contributed by atoms with Crippen LogP contribution in [0.3, 0.4) is 0 Å². The molecule has 6 nitrogen and oxygen atoms in total. The van der Waals surface area contributed by atoms with E-state index in [2.05, 4.69) is 24.3 Å². The molecule has 0 radical (unpaired) electrons. The first-order valence-corrected chi connectivity index (χ1v) is 7.47. The van der Waals surface area contributed by atoms with Gasteiger partial charge in [0.05, 0.1) is 36.4 Å². The summed E-state index contributed by atoms with van der Waals surface area (Å²) in [7, 11) is 0. The molecule has 0 aromatic carbocycles. The van der Waals surface area contributed by atoms with Gasteiger partial charge >= 0.3 is 0 Å². The second-order valence-electron chi connectivity index (χ2n) is 5.40. The molecule has 0 bridgehead atoms. The second kappa shape index (κ2) is 12.7. The molecular weight excluding hydrogens is 288 g/mol. The molecule has 0 spiro atoms. The number of nitriles is 6. The minimum atomic E-state index is -0.446. The molecular formula is C17H18N6. The van der Waals surface area contributed by atoms with E-state index < -0.39 is 11.8 Å². The highest BCUT2D eigenvalue weighted by Gasteiger charge is 2.23. The van der Waals surface area contributed by atoms with Crippen molar-refractivity contribution in [2.45, 2.75) is 44.9 Å². The number of rotatable bonds is 10. The first-order chi connectivity index (χ1) is 11.1. The Balaban J connectivity index is 4.64. The number of hydrogen-bond acceptors (Lipinski definition) is 6. The fraction of sp³-hybridized carbons (Fsp3) is 0.647. The number of nitrogens with zero attached hydrogens (tertiary/aromatic N) is 6. The molecule has 0 aliphatic carbocycles. The van der Waals surface area contributed by atoms with Gasteiger partial charge in [-0.2, -0.15) is 31.6 Å². The molecule has 4 atom stereocenters. The van der Waals surface area contributed by atoms with Crippen LogP contribution < -0.4 is 0 Å². The molecule has 0 aromatic rings. The second-order valence-corrected chi connectivity index (χ2v) is 5.40. The van der Waals surface area contributed by atoms with Gasteiger partial charge < -0.3 is 0 Å². The Morgan fingerprint density at radius 2 is 0.783 bits per heavy atom. The highest BCUT2D eigenvalue weighted by molar-refractivity contribution is 4.98. The van der Waals surface area contributed by atoms with Crippen molar-refractivity contribution in [3.63, 3.8) is 0 Å². The fourth-order valence-electron chi connectivity index (χ4n) is 2.38. The van der Waals surface area contributed by atoms with Crippen LogP contribution in [0.2, 0.25) is 0 Å². The summed E-state index contributed by atoms with van der Waals surface area (Å²) in [6, 6.07) is 12.4.